The van der Waals surface area contributed by atoms with Gasteiger partial charge in [-0.15, -0.1) is 0 Å². The molecule has 1 saturated heterocycles. The lowest BCUT2D eigenvalue weighted by Gasteiger charge is -2.30. The van der Waals surface area contributed by atoms with Gasteiger partial charge >= 0.3 is 5.97 Å². The summed E-state index contributed by atoms with van der Waals surface area (Å²) >= 11 is 0. The van der Waals surface area contributed by atoms with Crippen LogP contribution in [0.4, 0.5) is 4.39 Å². The maximum Gasteiger partial charge on any atom is 0.310 e. The Kier molecular flexibility index (Phi) is 6.77. The number of nitrogens with zero attached hydrogens (tertiary/aromatic N) is 4. The molecule has 3 aromatic rings. The first kappa shape index (κ1) is 23.6. The van der Waals surface area contributed by atoms with Crippen molar-refractivity contribution in [3.8, 4) is 11.8 Å². The minimum absolute atomic E-state index is 0.0242. The topological polar surface area (TPSA) is 105 Å². The van der Waals surface area contributed by atoms with E-state index in [1.807, 2.05) is 30.3 Å². The molecule has 1 aliphatic rings. The summed E-state index contributed by atoms with van der Waals surface area (Å²) in [7, 11) is -3.86. The summed E-state index contributed by atoms with van der Waals surface area (Å²) in [4.78, 5) is 12.8. The zero-order valence-electron chi connectivity index (χ0n) is 18.5. The number of carbonyl (C=O) groups is 1. The normalized spacial score (nSPS) is 16.7. The fourth-order valence-electron chi connectivity index (χ4n) is 4.00. The highest BCUT2D eigenvalue weighted by molar-refractivity contribution is 7.89. The van der Waals surface area contributed by atoms with Crippen LogP contribution in [0.1, 0.15) is 29.8 Å². The van der Waals surface area contributed by atoms with Crippen molar-refractivity contribution in [2.45, 2.75) is 31.3 Å². The molecule has 0 radical (unpaired) electrons. The Labute approximate surface area is 197 Å². The van der Waals surface area contributed by atoms with Crippen molar-refractivity contribution in [3.05, 3.63) is 77.4 Å². The summed E-state index contributed by atoms with van der Waals surface area (Å²) in [5, 5.41) is 14.0. The number of halogens is 1. The molecule has 1 unspecified atom stereocenters. The van der Waals surface area contributed by atoms with Crippen molar-refractivity contribution in [2.75, 3.05) is 13.1 Å². The second kappa shape index (κ2) is 9.75. The third kappa shape index (κ3) is 4.71. The molecular formula is C24H23FN4O4S. The number of piperidine rings is 1. The van der Waals surface area contributed by atoms with Gasteiger partial charge < -0.3 is 4.74 Å². The van der Waals surface area contributed by atoms with Gasteiger partial charge in [0.1, 0.15) is 24.1 Å². The number of esters is 1. The molecule has 2 aromatic carbocycles. The van der Waals surface area contributed by atoms with Crippen LogP contribution >= 0.6 is 0 Å². The lowest BCUT2D eigenvalue weighted by atomic mass is 10.00. The molecule has 10 heteroatoms. The van der Waals surface area contributed by atoms with Gasteiger partial charge in [0.25, 0.3) is 0 Å². The number of rotatable bonds is 6. The van der Waals surface area contributed by atoms with Gasteiger partial charge in [0.2, 0.25) is 10.0 Å². The van der Waals surface area contributed by atoms with E-state index < -0.39 is 27.7 Å². The molecule has 176 valence electrons. The molecule has 8 nitrogen and oxygen atoms in total. The Balaban J connectivity index is 1.49. The molecule has 4 rings (SSSR count). The first-order valence-electron chi connectivity index (χ1n) is 10.8. The van der Waals surface area contributed by atoms with Gasteiger partial charge in [-0.05, 0) is 56.2 Å². The van der Waals surface area contributed by atoms with Crippen molar-refractivity contribution in [1.82, 2.24) is 14.1 Å². The molecule has 1 atom stereocenters. The molecule has 0 bridgehead atoms. The van der Waals surface area contributed by atoms with E-state index in [9.17, 15) is 22.9 Å². The smallest absolute Gasteiger partial charge is 0.310 e. The molecule has 2 heterocycles. The number of aromatic nitrogens is 2. The highest BCUT2D eigenvalue weighted by Gasteiger charge is 2.34. The maximum absolute atomic E-state index is 13.2. The van der Waals surface area contributed by atoms with Crippen LogP contribution in [0, 0.1) is 30.0 Å². The summed E-state index contributed by atoms with van der Waals surface area (Å²) in [5.74, 6) is -1.72. The molecule has 0 spiro atoms. The average Bonchev–Trinajstić information content (AvgIpc) is 3.18. The quantitative estimate of drug-likeness (QED) is 0.499. The highest BCUT2D eigenvalue weighted by Crippen LogP contribution is 2.26. The SMILES string of the molecule is Cc1nn(-c2ccccc2)c(COC(=O)C2CCCN(S(=O)(=O)c3ccc(F)cc3)C2)c1C#N. The van der Waals surface area contributed by atoms with Crippen LogP contribution in [-0.2, 0) is 26.2 Å². The van der Waals surface area contributed by atoms with Crippen LogP contribution in [0.3, 0.4) is 0 Å². The third-order valence-electron chi connectivity index (χ3n) is 5.79. The van der Waals surface area contributed by atoms with Gasteiger partial charge in [-0.2, -0.15) is 14.7 Å². The van der Waals surface area contributed by atoms with E-state index in [0.29, 0.717) is 29.8 Å². The fourth-order valence-corrected chi connectivity index (χ4v) is 5.53. The number of benzene rings is 2. The van der Waals surface area contributed by atoms with E-state index in [1.54, 1.807) is 11.6 Å². The molecule has 1 fully saturated rings. The largest absolute Gasteiger partial charge is 0.459 e. The number of nitriles is 1. The van der Waals surface area contributed by atoms with Crippen molar-refractivity contribution in [3.63, 3.8) is 0 Å². The molecular weight excluding hydrogens is 459 g/mol. The molecule has 1 aliphatic heterocycles. The Morgan fingerprint density at radius 2 is 1.91 bits per heavy atom. The van der Waals surface area contributed by atoms with Gasteiger partial charge in [0.05, 0.1) is 27.9 Å². The van der Waals surface area contributed by atoms with E-state index in [4.69, 9.17) is 4.74 Å². The van der Waals surface area contributed by atoms with E-state index >= 15 is 0 Å². The number of ether oxygens (including phenoxy) is 1. The number of sulfonamides is 1. The summed E-state index contributed by atoms with van der Waals surface area (Å²) in [5.41, 5.74) is 2.03. The second-order valence-corrected chi connectivity index (χ2v) is 9.97. The summed E-state index contributed by atoms with van der Waals surface area (Å²) in [6.45, 7) is 1.78. The van der Waals surface area contributed by atoms with E-state index in [2.05, 4.69) is 11.2 Å². The van der Waals surface area contributed by atoms with Crippen LogP contribution in [0.2, 0.25) is 0 Å². The Morgan fingerprint density at radius 1 is 1.21 bits per heavy atom. The van der Waals surface area contributed by atoms with Crippen molar-refractivity contribution < 1.29 is 22.3 Å². The zero-order chi connectivity index (χ0) is 24.3. The van der Waals surface area contributed by atoms with Crippen LogP contribution in [0.25, 0.3) is 5.69 Å². The Hall–Kier alpha value is -3.55. The minimum Gasteiger partial charge on any atom is -0.459 e. The minimum atomic E-state index is -3.86. The van der Waals surface area contributed by atoms with E-state index in [0.717, 1.165) is 17.8 Å². The van der Waals surface area contributed by atoms with Gasteiger partial charge in [-0.1, -0.05) is 18.2 Å². The van der Waals surface area contributed by atoms with Crippen LogP contribution in [0.15, 0.2) is 59.5 Å². The monoisotopic (exact) mass is 482 g/mol. The maximum atomic E-state index is 13.2. The molecule has 0 aliphatic carbocycles. The van der Waals surface area contributed by atoms with Crippen LogP contribution in [0.5, 0.6) is 0 Å². The zero-order valence-corrected chi connectivity index (χ0v) is 19.3. The third-order valence-corrected chi connectivity index (χ3v) is 7.67. The first-order valence-corrected chi connectivity index (χ1v) is 12.2. The Bertz CT molecular complexity index is 1330. The van der Waals surface area contributed by atoms with E-state index in [1.165, 1.54) is 16.4 Å². The molecule has 0 N–H and O–H groups in total. The standard InChI is InChI=1S/C24H23FN4O4S/c1-17-22(14-26)23(29(27-17)20-7-3-2-4-8-20)16-33-24(30)18-6-5-13-28(15-18)34(31,32)21-11-9-19(25)10-12-21/h2-4,7-12,18H,5-6,13,15-16H2,1H3. The average molecular weight is 483 g/mol. The number of hydrogen-bond acceptors (Lipinski definition) is 6. The van der Waals surface area contributed by atoms with Crippen LogP contribution in [-0.4, -0.2) is 41.6 Å². The van der Waals surface area contributed by atoms with Gasteiger partial charge in [0.15, 0.2) is 0 Å². The molecule has 0 saturated carbocycles. The lowest BCUT2D eigenvalue weighted by Crippen LogP contribution is -2.42. The fraction of sp³-hybridized carbons (Fsp3) is 0.292. The molecule has 0 amide bonds. The predicted molar refractivity (Wildman–Crippen MR) is 121 cm³/mol. The molecule has 34 heavy (non-hydrogen) atoms. The van der Waals surface area contributed by atoms with Crippen molar-refractivity contribution in [2.24, 2.45) is 5.92 Å². The summed E-state index contributed by atoms with van der Waals surface area (Å²) in [6, 6.07) is 15.9. The van der Waals surface area contributed by atoms with Gasteiger partial charge in [-0.3, -0.25) is 4.79 Å². The number of carbonyl (C=O) groups excluding carboxylic acids is 1. The second-order valence-electron chi connectivity index (χ2n) is 8.03. The predicted octanol–water partition coefficient (Wildman–Crippen LogP) is 3.34. The van der Waals surface area contributed by atoms with Gasteiger partial charge in [0, 0.05) is 13.1 Å². The van der Waals surface area contributed by atoms with Crippen molar-refractivity contribution >= 4 is 16.0 Å². The van der Waals surface area contributed by atoms with Gasteiger partial charge in [-0.25, -0.2) is 17.5 Å². The summed E-state index contributed by atoms with van der Waals surface area (Å²) in [6.07, 6.45) is 0.973. The highest BCUT2D eigenvalue weighted by atomic mass is 32.2. The first-order chi connectivity index (χ1) is 16.3. The van der Waals surface area contributed by atoms with Crippen molar-refractivity contribution in [1.29, 1.82) is 5.26 Å². The number of hydrogen-bond donors (Lipinski definition) is 0. The van der Waals surface area contributed by atoms with Crippen LogP contribution < -0.4 is 0 Å². The lowest BCUT2D eigenvalue weighted by molar-refractivity contribution is -0.151. The molecule has 1 aromatic heterocycles. The number of aryl methyl sites for hydroxylation is 1. The van der Waals surface area contributed by atoms with E-state index in [-0.39, 0.29) is 24.6 Å². The Morgan fingerprint density at radius 3 is 2.59 bits per heavy atom. The number of para-hydroxylation sites is 1. The summed E-state index contributed by atoms with van der Waals surface area (Å²) < 4.78 is 47.4.